The van der Waals surface area contributed by atoms with E-state index in [1.165, 1.54) is 0 Å². The summed E-state index contributed by atoms with van der Waals surface area (Å²) in [5.74, 6) is 0.781. The molecule has 12 heavy (non-hydrogen) atoms. The van der Waals surface area contributed by atoms with Crippen molar-refractivity contribution in [2.24, 2.45) is 0 Å². The van der Waals surface area contributed by atoms with Gasteiger partial charge < -0.3 is 9.94 Å². The number of benzene rings is 1. The second-order valence-electron chi connectivity index (χ2n) is 2.29. The molecule has 0 spiro atoms. The van der Waals surface area contributed by atoms with Crippen molar-refractivity contribution < 1.29 is 9.94 Å². The standard InChI is InChI=1S/C8H10BrNO2/c1-12-7-2-3-8(9)6(4-7)5-10-11/h2-4,10-11H,5H2,1H3. The topological polar surface area (TPSA) is 41.5 Å². The molecule has 1 aromatic carbocycles. The van der Waals surface area contributed by atoms with Crippen molar-refractivity contribution in [3.05, 3.63) is 28.2 Å². The average Bonchev–Trinajstić information content (AvgIpc) is 2.09. The zero-order valence-electron chi connectivity index (χ0n) is 6.67. The summed E-state index contributed by atoms with van der Waals surface area (Å²) in [6, 6.07) is 5.59. The largest absolute Gasteiger partial charge is 0.497 e. The lowest BCUT2D eigenvalue weighted by Crippen LogP contribution is -2.06. The third-order valence-corrected chi connectivity index (χ3v) is 2.30. The van der Waals surface area contributed by atoms with Crippen molar-refractivity contribution in [2.45, 2.75) is 6.54 Å². The number of hydrogen-bond acceptors (Lipinski definition) is 3. The minimum absolute atomic E-state index is 0.401. The Morgan fingerprint density at radius 2 is 2.33 bits per heavy atom. The van der Waals surface area contributed by atoms with Gasteiger partial charge in [0.1, 0.15) is 5.75 Å². The summed E-state index contributed by atoms with van der Waals surface area (Å²) in [6.45, 7) is 0.401. The molecular formula is C8H10BrNO2. The highest BCUT2D eigenvalue weighted by molar-refractivity contribution is 9.10. The smallest absolute Gasteiger partial charge is 0.119 e. The van der Waals surface area contributed by atoms with Crippen LogP contribution in [0.3, 0.4) is 0 Å². The van der Waals surface area contributed by atoms with E-state index in [1.54, 1.807) is 7.11 Å². The first-order chi connectivity index (χ1) is 5.77. The Hall–Kier alpha value is -0.580. The van der Waals surface area contributed by atoms with E-state index in [0.29, 0.717) is 6.54 Å². The second kappa shape index (κ2) is 4.45. The second-order valence-corrected chi connectivity index (χ2v) is 3.15. The summed E-state index contributed by atoms with van der Waals surface area (Å²) in [7, 11) is 1.61. The normalized spacial score (nSPS) is 9.92. The lowest BCUT2D eigenvalue weighted by atomic mass is 10.2. The molecule has 0 atom stereocenters. The van der Waals surface area contributed by atoms with Crippen LogP contribution in [0, 0.1) is 0 Å². The Bertz CT molecular complexity index is 265. The highest BCUT2D eigenvalue weighted by Crippen LogP contribution is 2.21. The predicted octanol–water partition coefficient (Wildman–Crippen LogP) is 1.94. The third kappa shape index (κ3) is 2.20. The molecule has 1 rings (SSSR count). The highest BCUT2D eigenvalue weighted by Gasteiger charge is 2.00. The molecule has 0 aliphatic carbocycles. The molecule has 0 heterocycles. The van der Waals surface area contributed by atoms with E-state index >= 15 is 0 Å². The van der Waals surface area contributed by atoms with Gasteiger partial charge in [-0.1, -0.05) is 15.9 Å². The predicted molar refractivity (Wildman–Crippen MR) is 49.3 cm³/mol. The summed E-state index contributed by atoms with van der Waals surface area (Å²) in [5, 5.41) is 8.50. The van der Waals surface area contributed by atoms with Gasteiger partial charge in [-0.2, -0.15) is 0 Å². The Balaban J connectivity index is 2.91. The van der Waals surface area contributed by atoms with Crippen LogP contribution < -0.4 is 10.2 Å². The minimum Gasteiger partial charge on any atom is -0.497 e. The van der Waals surface area contributed by atoms with Crippen molar-refractivity contribution in [1.82, 2.24) is 5.48 Å². The van der Waals surface area contributed by atoms with Gasteiger partial charge in [-0.25, -0.2) is 5.48 Å². The number of methoxy groups -OCH3 is 1. The van der Waals surface area contributed by atoms with E-state index in [0.717, 1.165) is 15.8 Å². The number of nitrogens with one attached hydrogen (secondary N) is 1. The van der Waals surface area contributed by atoms with Gasteiger partial charge in [0, 0.05) is 11.0 Å². The molecule has 0 radical (unpaired) electrons. The molecule has 0 bridgehead atoms. The molecule has 4 heteroatoms. The number of hydrogen-bond donors (Lipinski definition) is 2. The van der Waals surface area contributed by atoms with Gasteiger partial charge in [-0.3, -0.25) is 0 Å². The lowest BCUT2D eigenvalue weighted by molar-refractivity contribution is 0.161. The monoisotopic (exact) mass is 231 g/mol. The zero-order valence-corrected chi connectivity index (χ0v) is 8.26. The number of halogens is 1. The van der Waals surface area contributed by atoms with Crippen LogP contribution >= 0.6 is 15.9 Å². The molecule has 3 nitrogen and oxygen atoms in total. The quantitative estimate of drug-likeness (QED) is 0.782. The number of rotatable bonds is 3. The first-order valence-corrected chi connectivity index (χ1v) is 4.26. The van der Waals surface area contributed by atoms with Crippen molar-refractivity contribution in [1.29, 1.82) is 0 Å². The van der Waals surface area contributed by atoms with Gasteiger partial charge >= 0.3 is 0 Å². The van der Waals surface area contributed by atoms with Crippen LogP contribution in [-0.2, 0) is 6.54 Å². The molecule has 0 fully saturated rings. The average molecular weight is 232 g/mol. The Morgan fingerprint density at radius 1 is 1.58 bits per heavy atom. The first kappa shape index (κ1) is 9.51. The molecule has 1 aromatic rings. The van der Waals surface area contributed by atoms with E-state index in [4.69, 9.17) is 9.94 Å². The van der Waals surface area contributed by atoms with Crippen molar-refractivity contribution in [3.63, 3.8) is 0 Å². The van der Waals surface area contributed by atoms with E-state index in [-0.39, 0.29) is 0 Å². The van der Waals surface area contributed by atoms with Gasteiger partial charge in [0.25, 0.3) is 0 Å². The van der Waals surface area contributed by atoms with Gasteiger partial charge in [0.05, 0.1) is 7.11 Å². The van der Waals surface area contributed by atoms with E-state index in [9.17, 15) is 0 Å². The minimum atomic E-state index is 0.401. The Labute approximate surface area is 79.4 Å². The molecule has 0 unspecified atom stereocenters. The zero-order chi connectivity index (χ0) is 8.97. The van der Waals surface area contributed by atoms with Crippen LogP contribution in [0.25, 0.3) is 0 Å². The summed E-state index contributed by atoms with van der Waals surface area (Å²) in [6.07, 6.45) is 0. The van der Waals surface area contributed by atoms with Crippen LogP contribution in [0.2, 0.25) is 0 Å². The molecule has 0 saturated heterocycles. The molecule has 0 saturated carbocycles. The van der Waals surface area contributed by atoms with Crippen LogP contribution in [0.15, 0.2) is 22.7 Å². The van der Waals surface area contributed by atoms with Crippen molar-refractivity contribution in [3.8, 4) is 5.75 Å². The van der Waals surface area contributed by atoms with E-state index in [2.05, 4.69) is 21.4 Å². The molecule has 66 valence electrons. The molecule has 0 aliphatic heterocycles. The van der Waals surface area contributed by atoms with Crippen molar-refractivity contribution >= 4 is 15.9 Å². The fourth-order valence-corrected chi connectivity index (χ4v) is 1.29. The molecule has 0 amide bonds. The fraction of sp³-hybridized carbons (Fsp3) is 0.250. The summed E-state index contributed by atoms with van der Waals surface area (Å²) in [5.41, 5.74) is 3.05. The number of hydroxylamine groups is 1. The fourth-order valence-electron chi connectivity index (χ4n) is 0.899. The highest BCUT2D eigenvalue weighted by atomic mass is 79.9. The molecular weight excluding hydrogens is 222 g/mol. The molecule has 0 aliphatic rings. The maximum atomic E-state index is 8.50. The lowest BCUT2D eigenvalue weighted by Gasteiger charge is -2.05. The Morgan fingerprint density at radius 3 is 2.92 bits per heavy atom. The maximum Gasteiger partial charge on any atom is 0.119 e. The summed E-state index contributed by atoms with van der Waals surface area (Å²) in [4.78, 5) is 0. The summed E-state index contributed by atoms with van der Waals surface area (Å²) < 4.78 is 5.97. The third-order valence-electron chi connectivity index (χ3n) is 1.52. The van der Waals surface area contributed by atoms with Crippen molar-refractivity contribution in [2.75, 3.05) is 7.11 Å². The summed E-state index contributed by atoms with van der Waals surface area (Å²) >= 11 is 3.35. The van der Waals surface area contributed by atoms with Crippen LogP contribution in [-0.4, -0.2) is 12.3 Å². The Kier molecular flexibility index (Phi) is 3.52. The van der Waals surface area contributed by atoms with Crippen LogP contribution in [0.1, 0.15) is 5.56 Å². The SMILES string of the molecule is COc1ccc(Br)c(CNO)c1. The first-order valence-electron chi connectivity index (χ1n) is 3.47. The number of ether oxygens (including phenoxy) is 1. The van der Waals surface area contributed by atoms with Crippen LogP contribution in [0.4, 0.5) is 0 Å². The van der Waals surface area contributed by atoms with Gasteiger partial charge in [0.15, 0.2) is 0 Å². The van der Waals surface area contributed by atoms with Gasteiger partial charge in [-0.05, 0) is 23.8 Å². The molecule has 2 N–H and O–H groups in total. The van der Waals surface area contributed by atoms with E-state index in [1.807, 2.05) is 18.2 Å². The van der Waals surface area contributed by atoms with Gasteiger partial charge in [-0.15, -0.1) is 0 Å². The van der Waals surface area contributed by atoms with Crippen LogP contribution in [0.5, 0.6) is 5.75 Å². The molecule has 0 aromatic heterocycles. The van der Waals surface area contributed by atoms with Gasteiger partial charge in [0.2, 0.25) is 0 Å². The van der Waals surface area contributed by atoms with E-state index < -0.39 is 0 Å². The maximum absolute atomic E-state index is 8.50.